The van der Waals surface area contributed by atoms with Crippen LogP contribution in [0.2, 0.25) is 5.02 Å². The highest BCUT2D eigenvalue weighted by atomic mass is 35.5. The van der Waals surface area contributed by atoms with Gasteiger partial charge in [-0.25, -0.2) is 0 Å². The van der Waals surface area contributed by atoms with Crippen LogP contribution in [0.1, 0.15) is 26.3 Å². The van der Waals surface area contributed by atoms with E-state index in [4.69, 9.17) is 11.6 Å². The van der Waals surface area contributed by atoms with E-state index in [9.17, 15) is 18.0 Å². The standard InChI is InChI=1S/C16H20ClF3N2O/c1-15(2,3)14(23)22-8-6-21(7-9-22)11-4-5-13(17)12(10-11)16(18,19)20/h4-5,10H,6-9H2,1-3H3. The first kappa shape index (κ1) is 17.9. The third-order valence-corrected chi connectivity index (χ3v) is 4.16. The van der Waals surface area contributed by atoms with E-state index in [-0.39, 0.29) is 10.9 Å². The summed E-state index contributed by atoms with van der Waals surface area (Å²) in [4.78, 5) is 15.8. The molecule has 0 unspecified atom stereocenters. The number of rotatable bonds is 1. The van der Waals surface area contributed by atoms with Crippen molar-refractivity contribution in [2.45, 2.75) is 26.9 Å². The van der Waals surface area contributed by atoms with E-state index in [0.717, 1.165) is 6.07 Å². The first-order chi connectivity index (χ1) is 10.5. The van der Waals surface area contributed by atoms with E-state index in [0.29, 0.717) is 31.9 Å². The minimum Gasteiger partial charge on any atom is -0.368 e. The van der Waals surface area contributed by atoms with Crippen molar-refractivity contribution in [1.82, 2.24) is 4.90 Å². The summed E-state index contributed by atoms with van der Waals surface area (Å²) in [6, 6.07) is 3.93. The van der Waals surface area contributed by atoms with Gasteiger partial charge >= 0.3 is 6.18 Å². The smallest absolute Gasteiger partial charge is 0.368 e. The number of carbonyl (C=O) groups excluding carboxylic acids is 1. The van der Waals surface area contributed by atoms with E-state index in [1.807, 2.05) is 25.7 Å². The largest absolute Gasteiger partial charge is 0.417 e. The summed E-state index contributed by atoms with van der Waals surface area (Å²) in [6.45, 7) is 7.57. The Kier molecular flexibility index (Phi) is 4.85. The Hall–Kier alpha value is -1.43. The highest BCUT2D eigenvalue weighted by molar-refractivity contribution is 6.31. The summed E-state index contributed by atoms with van der Waals surface area (Å²) in [6.07, 6.45) is -4.48. The fourth-order valence-corrected chi connectivity index (χ4v) is 2.79. The van der Waals surface area contributed by atoms with Crippen LogP contribution in [0.4, 0.5) is 18.9 Å². The molecule has 0 aromatic heterocycles. The van der Waals surface area contributed by atoms with Gasteiger partial charge in [0.1, 0.15) is 0 Å². The molecule has 1 aliphatic heterocycles. The molecule has 1 aliphatic rings. The number of benzene rings is 1. The van der Waals surface area contributed by atoms with Gasteiger partial charge in [0.25, 0.3) is 0 Å². The van der Waals surface area contributed by atoms with Gasteiger partial charge in [0.05, 0.1) is 10.6 Å². The van der Waals surface area contributed by atoms with Crippen molar-refractivity contribution in [2.24, 2.45) is 5.41 Å². The van der Waals surface area contributed by atoms with Crippen molar-refractivity contribution >= 4 is 23.2 Å². The van der Waals surface area contributed by atoms with Gasteiger partial charge < -0.3 is 9.80 Å². The fourth-order valence-electron chi connectivity index (χ4n) is 2.57. The summed E-state index contributed by atoms with van der Waals surface area (Å²) in [5.74, 6) is 0.0595. The second-order valence-electron chi connectivity index (χ2n) is 6.69. The van der Waals surface area contributed by atoms with E-state index < -0.39 is 17.2 Å². The molecule has 1 heterocycles. The second kappa shape index (κ2) is 6.23. The van der Waals surface area contributed by atoms with Crippen molar-refractivity contribution in [3.8, 4) is 0 Å². The van der Waals surface area contributed by atoms with Crippen LogP contribution >= 0.6 is 11.6 Å². The van der Waals surface area contributed by atoms with Crippen LogP contribution < -0.4 is 4.90 Å². The van der Waals surface area contributed by atoms with Crippen LogP contribution in [0.15, 0.2) is 18.2 Å². The van der Waals surface area contributed by atoms with Crippen LogP contribution in [-0.4, -0.2) is 37.0 Å². The number of alkyl halides is 3. The molecule has 0 bridgehead atoms. The molecule has 0 aliphatic carbocycles. The number of piperazine rings is 1. The predicted molar refractivity (Wildman–Crippen MR) is 84.7 cm³/mol. The van der Waals surface area contributed by atoms with Crippen LogP contribution in [-0.2, 0) is 11.0 Å². The molecule has 0 saturated carbocycles. The Morgan fingerprint density at radius 3 is 2.13 bits per heavy atom. The Morgan fingerprint density at radius 1 is 1.09 bits per heavy atom. The normalized spacial score (nSPS) is 16.7. The minimum atomic E-state index is -4.48. The van der Waals surface area contributed by atoms with E-state index in [2.05, 4.69) is 0 Å². The average Bonchev–Trinajstić information content (AvgIpc) is 2.45. The second-order valence-corrected chi connectivity index (χ2v) is 7.10. The highest BCUT2D eigenvalue weighted by Crippen LogP contribution is 2.37. The molecule has 128 valence electrons. The summed E-state index contributed by atoms with van der Waals surface area (Å²) in [7, 11) is 0. The SMILES string of the molecule is CC(C)(C)C(=O)N1CCN(c2ccc(Cl)c(C(F)(F)F)c2)CC1. The highest BCUT2D eigenvalue weighted by Gasteiger charge is 2.34. The van der Waals surface area contributed by atoms with Gasteiger partial charge in [0, 0.05) is 37.3 Å². The van der Waals surface area contributed by atoms with Crippen molar-refractivity contribution in [3.63, 3.8) is 0 Å². The summed E-state index contributed by atoms with van der Waals surface area (Å²) >= 11 is 5.64. The lowest BCUT2D eigenvalue weighted by Gasteiger charge is -2.38. The number of hydrogen-bond acceptors (Lipinski definition) is 2. The zero-order valence-corrected chi connectivity index (χ0v) is 14.1. The molecule has 23 heavy (non-hydrogen) atoms. The van der Waals surface area contributed by atoms with E-state index >= 15 is 0 Å². The van der Waals surface area contributed by atoms with Crippen molar-refractivity contribution < 1.29 is 18.0 Å². The Bertz CT molecular complexity index is 588. The van der Waals surface area contributed by atoms with Crippen molar-refractivity contribution in [2.75, 3.05) is 31.1 Å². The summed E-state index contributed by atoms with van der Waals surface area (Å²) < 4.78 is 38.8. The number of halogens is 4. The molecule has 1 amide bonds. The summed E-state index contributed by atoms with van der Waals surface area (Å²) in [5.41, 5.74) is -0.805. The van der Waals surface area contributed by atoms with E-state index in [1.54, 1.807) is 11.0 Å². The lowest BCUT2D eigenvalue weighted by Crippen LogP contribution is -2.51. The Labute approximate surface area is 139 Å². The van der Waals surface area contributed by atoms with Crippen molar-refractivity contribution in [3.05, 3.63) is 28.8 Å². The molecule has 1 saturated heterocycles. The number of carbonyl (C=O) groups is 1. The van der Waals surface area contributed by atoms with Crippen LogP contribution in [0.3, 0.4) is 0 Å². The van der Waals surface area contributed by atoms with Crippen LogP contribution in [0.5, 0.6) is 0 Å². The number of amides is 1. The maximum atomic E-state index is 12.9. The minimum absolute atomic E-state index is 0.0595. The van der Waals surface area contributed by atoms with Gasteiger partial charge in [-0.3, -0.25) is 4.79 Å². The molecule has 0 radical (unpaired) electrons. The van der Waals surface area contributed by atoms with E-state index in [1.165, 1.54) is 6.07 Å². The zero-order chi connectivity index (χ0) is 17.4. The molecule has 3 nitrogen and oxygen atoms in total. The first-order valence-corrected chi connectivity index (χ1v) is 7.79. The van der Waals surface area contributed by atoms with Crippen LogP contribution in [0.25, 0.3) is 0 Å². The molecule has 1 aromatic rings. The van der Waals surface area contributed by atoms with Gasteiger partial charge in [0.15, 0.2) is 0 Å². The molecular weight excluding hydrogens is 329 g/mol. The molecule has 1 fully saturated rings. The van der Waals surface area contributed by atoms with Crippen LogP contribution in [0, 0.1) is 5.41 Å². The maximum absolute atomic E-state index is 12.9. The number of hydrogen-bond donors (Lipinski definition) is 0. The molecule has 7 heteroatoms. The van der Waals surface area contributed by atoms with Gasteiger partial charge in [-0.15, -0.1) is 0 Å². The molecule has 0 spiro atoms. The predicted octanol–water partition coefficient (Wildman–Crippen LogP) is 4.05. The first-order valence-electron chi connectivity index (χ1n) is 7.41. The maximum Gasteiger partial charge on any atom is 0.417 e. The number of anilines is 1. The molecule has 0 atom stereocenters. The quantitative estimate of drug-likeness (QED) is 0.764. The number of nitrogens with zero attached hydrogens (tertiary/aromatic N) is 2. The topological polar surface area (TPSA) is 23.6 Å². The zero-order valence-electron chi connectivity index (χ0n) is 13.4. The molecule has 1 aromatic carbocycles. The fraction of sp³-hybridized carbons (Fsp3) is 0.562. The average molecular weight is 349 g/mol. The van der Waals surface area contributed by atoms with Gasteiger partial charge in [-0.05, 0) is 18.2 Å². The molecular formula is C16H20ClF3N2O. The van der Waals surface area contributed by atoms with Crippen molar-refractivity contribution in [1.29, 1.82) is 0 Å². The Morgan fingerprint density at radius 2 is 1.65 bits per heavy atom. The lowest BCUT2D eigenvalue weighted by atomic mass is 9.94. The third kappa shape index (κ3) is 4.10. The molecule has 0 N–H and O–H groups in total. The van der Waals surface area contributed by atoms with Gasteiger partial charge in [-0.2, -0.15) is 13.2 Å². The van der Waals surface area contributed by atoms with Gasteiger partial charge in [-0.1, -0.05) is 32.4 Å². The third-order valence-electron chi connectivity index (χ3n) is 3.83. The molecule has 2 rings (SSSR count). The Balaban J connectivity index is 2.11. The van der Waals surface area contributed by atoms with Gasteiger partial charge in [0.2, 0.25) is 5.91 Å². The monoisotopic (exact) mass is 348 g/mol. The lowest BCUT2D eigenvalue weighted by molar-refractivity contribution is -0.139. The summed E-state index contributed by atoms with van der Waals surface area (Å²) in [5, 5.41) is -0.303.